The molecular weight excluding hydrogens is 705 g/mol. The Morgan fingerprint density at radius 1 is 0.310 bits per heavy atom. The second-order valence-corrected chi connectivity index (χ2v) is 15.0. The van der Waals surface area contributed by atoms with Crippen molar-refractivity contribution in [2.75, 3.05) is 0 Å². The number of benzene rings is 9. The zero-order chi connectivity index (χ0) is 38.2. The summed E-state index contributed by atoms with van der Waals surface area (Å²) in [7, 11) is 0. The standard InChI is InChI=1S/C54H34N4/c1-2-18-42(19-3-1)57-50-24-11-9-22-46(50)52-51(57)30-29-45-44-21-8-10-23-49(44)58(53(45)52)43-20-12-17-41(33-43)54-55-47(39-27-25-35-13-4-6-15-37(35)31-39)34-48(56-54)40-28-26-36-14-5-7-16-38(36)32-40/h1-34H. The molecule has 3 heterocycles. The largest absolute Gasteiger partial charge is 0.309 e. The molecule has 0 bridgehead atoms. The first-order chi connectivity index (χ1) is 28.7. The fourth-order valence-corrected chi connectivity index (χ4v) is 8.99. The molecule has 0 amide bonds. The number of para-hydroxylation sites is 3. The minimum atomic E-state index is 0.683. The van der Waals surface area contributed by atoms with Crippen LogP contribution in [0, 0.1) is 0 Å². The van der Waals surface area contributed by atoms with Gasteiger partial charge in [-0.25, -0.2) is 9.97 Å². The van der Waals surface area contributed by atoms with Gasteiger partial charge in [0.15, 0.2) is 5.82 Å². The fraction of sp³-hybridized carbons (Fsp3) is 0. The van der Waals surface area contributed by atoms with Crippen LogP contribution in [0.5, 0.6) is 0 Å². The van der Waals surface area contributed by atoms with Gasteiger partial charge in [0.05, 0.1) is 33.5 Å². The fourth-order valence-electron chi connectivity index (χ4n) is 8.99. The van der Waals surface area contributed by atoms with Crippen LogP contribution in [0.4, 0.5) is 0 Å². The molecule has 12 rings (SSSR count). The van der Waals surface area contributed by atoms with Crippen LogP contribution in [0.2, 0.25) is 0 Å². The lowest BCUT2D eigenvalue weighted by Crippen LogP contribution is -1.98. The quantitative estimate of drug-likeness (QED) is 0.176. The Kier molecular flexibility index (Phi) is 7.20. The Morgan fingerprint density at radius 2 is 0.879 bits per heavy atom. The zero-order valence-corrected chi connectivity index (χ0v) is 31.4. The van der Waals surface area contributed by atoms with Crippen LogP contribution in [0.1, 0.15) is 0 Å². The average Bonchev–Trinajstić information content (AvgIpc) is 3.82. The summed E-state index contributed by atoms with van der Waals surface area (Å²) >= 11 is 0. The zero-order valence-electron chi connectivity index (χ0n) is 31.4. The molecule has 0 saturated heterocycles. The normalized spacial score (nSPS) is 11.8. The van der Waals surface area contributed by atoms with E-state index in [2.05, 4.69) is 215 Å². The van der Waals surface area contributed by atoms with Gasteiger partial charge in [0, 0.05) is 49.6 Å². The molecule has 0 fully saturated rings. The molecule has 4 heteroatoms. The molecule has 0 atom stereocenters. The molecule has 0 unspecified atom stereocenters. The summed E-state index contributed by atoms with van der Waals surface area (Å²) in [5.41, 5.74) is 11.7. The van der Waals surface area contributed by atoms with E-state index in [-0.39, 0.29) is 0 Å². The van der Waals surface area contributed by atoms with Gasteiger partial charge in [-0.1, -0.05) is 146 Å². The third-order valence-corrected chi connectivity index (χ3v) is 11.7. The smallest absolute Gasteiger partial charge is 0.160 e. The number of aromatic nitrogens is 4. The lowest BCUT2D eigenvalue weighted by atomic mass is 10.0. The van der Waals surface area contributed by atoms with Crippen LogP contribution in [0.3, 0.4) is 0 Å². The first-order valence-electron chi connectivity index (χ1n) is 19.7. The lowest BCUT2D eigenvalue weighted by Gasteiger charge is -2.13. The molecule has 0 N–H and O–H groups in total. The number of nitrogens with zero attached hydrogens (tertiary/aromatic N) is 4. The van der Waals surface area contributed by atoms with E-state index in [1.807, 2.05) is 0 Å². The van der Waals surface area contributed by atoms with E-state index >= 15 is 0 Å². The first kappa shape index (κ1) is 32.4. The topological polar surface area (TPSA) is 35.6 Å². The maximum atomic E-state index is 5.32. The number of hydrogen-bond donors (Lipinski definition) is 0. The van der Waals surface area contributed by atoms with Crippen LogP contribution in [-0.2, 0) is 0 Å². The highest BCUT2D eigenvalue weighted by molar-refractivity contribution is 6.26. The molecule has 0 aliphatic carbocycles. The highest BCUT2D eigenvalue weighted by atomic mass is 15.0. The van der Waals surface area contributed by atoms with Gasteiger partial charge in [0.25, 0.3) is 0 Å². The van der Waals surface area contributed by atoms with Crippen molar-refractivity contribution in [3.8, 4) is 45.3 Å². The molecular formula is C54H34N4. The van der Waals surface area contributed by atoms with Crippen molar-refractivity contribution >= 4 is 65.2 Å². The third kappa shape index (κ3) is 5.09. The van der Waals surface area contributed by atoms with Gasteiger partial charge in [-0.15, -0.1) is 0 Å². The number of rotatable bonds is 5. The summed E-state index contributed by atoms with van der Waals surface area (Å²) in [6, 6.07) is 73.8. The Hall–Kier alpha value is -7.82. The third-order valence-electron chi connectivity index (χ3n) is 11.7. The summed E-state index contributed by atoms with van der Waals surface area (Å²) in [6.07, 6.45) is 0. The summed E-state index contributed by atoms with van der Waals surface area (Å²) in [5.74, 6) is 0.683. The van der Waals surface area contributed by atoms with Gasteiger partial charge in [-0.2, -0.15) is 0 Å². The first-order valence-corrected chi connectivity index (χ1v) is 19.7. The second kappa shape index (κ2) is 12.9. The van der Waals surface area contributed by atoms with Gasteiger partial charge in [-0.05, 0) is 82.2 Å². The minimum Gasteiger partial charge on any atom is -0.309 e. The summed E-state index contributed by atoms with van der Waals surface area (Å²) in [4.78, 5) is 10.6. The maximum absolute atomic E-state index is 5.32. The van der Waals surface area contributed by atoms with E-state index in [0.717, 1.165) is 45.0 Å². The van der Waals surface area contributed by atoms with Crippen LogP contribution >= 0.6 is 0 Å². The highest BCUT2D eigenvalue weighted by Gasteiger charge is 2.21. The molecule has 3 aromatic heterocycles. The molecule has 270 valence electrons. The van der Waals surface area contributed by atoms with Gasteiger partial charge in [0.2, 0.25) is 0 Å². The van der Waals surface area contributed by atoms with Gasteiger partial charge >= 0.3 is 0 Å². The van der Waals surface area contributed by atoms with E-state index in [1.54, 1.807) is 0 Å². The van der Waals surface area contributed by atoms with Crippen LogP contribution in [-0.4, -0.2) is 19.1 Å². The Labute approximate surface area is 334 Å². The second-order valence-electron chi connectivity index (χ2n) is 15.0. The number of hydrogen-bond acceptors (Lipinski definition) is 2. The Balaban J connectivity index is 1.10. The van der Waals surface area contributed by atoms with Crippen LogP contribution in [0.15, 0.2) is 206 Å². The number of fused-ring (bicyclic) bond motifs is 9. The van der Waals surface area contributed by atoms with E-state index in [1.165, 1.54) is 59.6 Å². The van der Waals surface area contributed by atoms with Crippen molar-refractivity contribution < 1.29 is 0 Å². The van der Waals surface area contributed by atoms with Crippen LogP contribution < -0.4 is 0 Å². The van der Waals surface area contributed by atoms with Crippen molar-refractivity contribution in [2.24, 2.45) is 0 Å². The molecule has 4 nitrogen and oxygen atoms in total. The highest BCUT2D eigenvalue weighted by Crippen LogP contribution is 2.42. The van der Waals surface area contributed by atoms with Crippen molar-refractivity contribution in [3.05, 3.63) is 206 Å². The molecule has 9 aromatic carbocycles. The minimum absolute atomic E-state index is 0.683. The van der Waals surface area contributed by atoms with E-state index < -0.39 is 0 Å². The van der Waals surface area contributed by atoms with Crippen molar-refractivity contribution in [1.82, 2.24) is 19.1 Å². The van der Waals surface area contributed by atoms with Crippen molar-refractivity contribution in [2.45, 2.75) is 0 Å². The molecule has 0 radical (unpaired) electrons. The average molecular weight is 739 g/mol. The van der Waals surface area contributed by atoms with Crippen LogP contribution in [0.25, 0.3) is 110 Å². The van der Waals surface area contributed by atoms with Gasteiger partial charge in [0.1, 0.15) is 0 Å². The SMILES string of the molecule is c1ccc(-n2c3ccccc3c3c2ccc2c4ccccc4n(-c4cccc(-c5nc(-c6ccc7ccccc7c6)cc(-c6ccc7ccccc7c6)n5)c4)c23)cc1. The van der Waals surface area contributed by atoms with Gasteiger partial charge in [-0.3, -0.25) is 0 Å². The summed E-state index contributed by atoms with van der Waals surface area (Å²) in [5, 5.41) is 9.66. The molecule has 0 saturated carbocycles. The molecule has 0 spiro atoms. The lowest BCUT2D eigenvalue weighted by molar-refractivity contribution is 1.16. The predicted octanol–water partition coefficient (Wildman–Crippen LogP) is 14.0. The Bertz CT molecular complexity index is 3480. The molecule has 0 aliphatic heterocycles. The van der Waals surface area contributed by atoms with Crippen molar-refractivity contribution in [3.63, 3.8) is 0 Å². The molecule has 0 aliphatic rings. The molecule has 58 heavy (non-hydrogen) atoms. The van der Waals surface area contributed by atoms with Crippen molar-refractivity contribution in [1.29, 1.82) is 0 Å². The summed E-state index contributed by atoms with van der Waals surface area (Å²) in [6.45, 7) is 0. The molecule has 12 aromatic rings. The van der Waals surface area contributed by atoms with E-state index in [0.29, 0.717) is 5.82 Å². The van der Waals surface area contributed by atoms with E-state index in [9.17, 15) is 0 Å². The van der Waals surface area contributed by atoms with E-state index in [4.69, 9.17) is 9.97 Å². The van der Waals surface area contributed by atoms with Gasteiger partial charge < -0.3 is 9.13 Å². The summed E-state index contributed by atoms with van der Waals surface area (Å²) < 4.78 is 4.83. The monoisotopic (exact) mass is 738 g/mol. The predicted molar refractivity (Wildman–Crippen MR) is 242 cm³/mol. The maximum Gasteiger partial charge on any atom is 0.160 e. The Morgan fingerprint density at radius 3 is 1.57 bits per heavy atom.